The predicted octanol–water partition coefficient (Wildman–Crippen LogP) is 2.61. The van der Waals surface area contributed by atoms with Gasteiger partial charge in [0.15, 0.2) is 0 Å². The number of aromatic amines is 1. The number of imidazole rings is 1. The fourth-order valence-corrected chi connectivity index (χ4v) is 3.18. The van der Waals surface area contributed by atoms with Gasteiger partial charge in [-0.15, -0.1) is 0 Å². The second-order valence-electron chi connectivity index (χ2n) is 6.72. The quantitative estimate of drug-likeness (QED) is 0.848. The van der Waals surface area contributed by atoms with Crippen LogP contribution in [-0.2, 0) is 33.5 Å². The molecule has 0 spiro atoms. The molecule has 1 aromatic carbocycles. The van der Waals surface area contributed by atoms with E-state index < -0.39 is 0 Å². The van der Waals surface area contributed by atoms with Crippen LogP contribution in [0.1, 0.15) is 37.7 Å². The molecule has 0 atom stereocenters. The number of benzene rings is 1. The molecule has 1 aliphatic rings. The summed E-state index contributed by atoms with van der Waals surface area (Å²) >= 11 is 0. The topological polar surface area (TPSA) is 84.5 Å². The summed E-state index contributed by atoms with van der Waals surface area (Å²) in [6.07, 6.45) is 1.30. The first-order valence-corrected chi connectivity index (χ1v) is 9.07. The average Bonchev–Trinajstić information content (AvgIpc) is 2.81. The molecule has 1 N–H and O–H groups in total. The van der Waals surface area contributed by atoms with Crippen molar-refractivity contribution in [1.82, 2.24) is 14.9 Å². The van der Waals surface area contributed by atoms with Crippen LogP contribution in [0.2, 0.25) is 0 Å². The maximum absolute atomic E-state index is 12.1. The summed E-state index contributed by atoms with van der Waals surface area (Å²) < 4.78 is 10.3. The number of carbonyl (C=O) groups is 2. The highest BCUT2D eigenvalue weighted by molar-refractivity contribution is 5.79. The molecule has 0 saturated heterocycles. The number of carbonyl (C=O) groups excluding carboxylic acids is 2. The Morgan fingerprint density at radius 2 is 1.92 bits per heavy atom. The molecule has 0 aliphatic carbocycles. The summed E-state index contributed by atoms with van der Waals surface area (Å²) in [4.78, 5) is 33.2. The standard InChI is InChI=1S/C19H25N3O4/c1-4-25-18(23)11-17-20-15-9-13-5-7-22(19(24)26-12(2)3)8-6-14(13)10-16(15)21-17/h9-10,12H,4-8,11H2,1-3H3,(H,20,21). The lowest BCUT2D eigenvalue weighted by Crippen LogP contribution is -2.35. The molecule has 2 aromatic rings. The first-order chi connectivity index (χ1) is 12.5. The normalized spacial score (nSPS) is 14.2. The van der Waals surface area contributed by atoms with Crippen LogP contribution in [0.5, 0.6) is 0 Å². The van der Waals surface area contributed by atoms with Crippen molar-refractivity contribution < 1.29 is 19.1 Å². The van der Waals surface area contributed by atoms with Gasteiger partial charge in [0.05, 0.1) is 23.7 Å². The maximum Gasteiger partial charge on any atom is 0.410 e. The zero-order valence-electron chi connectivity index (χ0n) is 15.5. The van der Waals surface area contributed by atoms with E-state index in [1.54, 1.807) is 11.8 Å². The molecule has 1 aromatic heterocycles. The smallest absolute Gasteiger partial charge is 0.410 e. The molecule has 0 bridgehead atoms. The molecule has 1 aliphatic heterocycles. The molecule has 7 nitrogen and oxygen atoms in total. The summed E-state index contributed by atoms with van der Waals surface area (Å²) in [6.45, 7) is 7.12. The van der Waals surface area contributed by atoms with Crippen LogP contribution in [0.4, 0.5) is 4.79 Å². The van der Waals surface area contributed by atoms with Gasteiger partial charge in [0.25, 0.3) is 0 Å². The van der Waals surface area contributed by atoms with Crippen LogP contribution in [0.25, 0.3) is 11.0 Å². The number of aromatic nitrogens is 2. The molecule has 1 amide bonds. The van der Waals surface area contributed by atoms with E-state index in [4.69, 9.17) is 9.47 Å². The summed E-state index contributed by atoms with van der Waals surface area (Å²) in [6, 6.07) is 4.12. The van der Waals surface area contributed by atoms with E-state index in [1.165, 1.54) is 11.1 Å². The fraction of sp³-hybridized carbons (Fsp3) is 0.526. The number of hydrogen-bond donors (Lipinski definition) is 1. The van der Waals surface area contributed by atoms with Crippen molar-refractivity contribution in [2.45, 2.75) is 46.1 Å². The molecule has 0 unspecified atom stereocenters. The van der Waals surface area contributed by atoms with Gasteiger partial charge in [0, 0.05) is 13.1 Å². The second kappa shape index (κ2) is 7.76. The average molecular weight is 359 g/mol. The fourth-order valence-electron chi connectivity index (χ4n) is 3.18. The van der Waals surface area contributed by atoms with E-state index >= 15 is 0 Å². The minimum absolute atomic E-state index is 0.117. The van der Waals surface area contributed by atoms with Gasteiger partial charge in [0.1, 0.15) is 12.2 Å². The molecule has 7 heteroatoms. The van der Waals surface area contributed by atoms with Gasteiger partial charge in [-0.2, -0.15) is 0 Å². The first kappa shape index (κ1) is 18.2. The van der Waals surface area contributed by atoms with Gasteiger partial charge < -0.3 is 19.4 Å². The van der Waals surface area contributed by atoms with Crippen LogP contribution < -0.4 is 0 Å². The van der Waals surface area contributed by atoms with Gasteiger partial charge in [-0.3, -0.25) is 4.79 Å². The predicted molar refractivity (Wildman–Crippen MR) is 97.0 cm³/mol. The third-order valence-electron chi connectivity index (χ3n) is 4.37. The Morgan fingerprint density at radius 1 is 1.23 bits per heavy atom. The van der Waals surface area contributed by atoms with E-state index in [9.17, 15) is 9.59 Å². The highest BCUT2D eigenvalue weighted by atomic mass is 16.6. The van der Waals surface area contributed by atoms with Gasteiger partial charge >= 0.3 is 12.1 Å². The molecule has 140 valence electrons. The summed E-state index contributed by atoms with van der Waals surface area (Å²) in [7, 11) is 0. The van der Waals surface area contributed by atoms with E-state index in [1.807, 2.05) is 19.9 Å². The number of esters is 1. The summed E-state index contributed by atoms with van der Waals surface area (Å²) in [5, 5.41) is 0. The number of rotatable bonds is 4. The van der Waals surface area contributed by atoms with Crippen LogP contribution in [0, 0.1) is 0 Å². The molecular weight excluding hydrogens is 334 g/mol. The molecule has 2 heterocycles. The Labute approximate surface area is 152 Å². The van der Waals surface area contributed by atoms with E-state index in [0.29, 0.717) is 25.5 Å². The van der Waals surface area contributed by atoms with E-state index in [-0.39, 0.29) is 24.6 Å². The van der Waals surface area contributed by atoms with Crippen LogP contribution in [0.15, 0.2) is 12.1 Å². The summed E-state index contributed by atoms with van der Waals surface area (Å²) in [5.41, 5.74) is 4.12. The van der Waals surface area contributed by atoms with Gasteiger partial charge in [-0.1, -0.05) is 0 Å². The molecule has 26 heavy (non-hydrogen) atoms. The maximum atomic E-state index is 12.1. The van der Waals surface area contributed by atoms with Crippen molar-refractivity contribution >= 4 is 23.1 Å². The van der Waals surface area contributed by atoms with Crippen LogP contribution in [0.3, 0.4) is 0 Å². The lowest BCUT2D eigenvalue weighted by Gasteiger charge is -2.21. The number of H-pyrrole nitrogens is 1. The third-order valence-corrected chi connectivity index (χ3v) is 4.37. The zero-order chi connectivity index (χ0) is 18.7. The van der Waals surface area contributed by atoms with Crippen molar-refractivity contribution in [2.75, 3.05) is 19.7 Å². The Bertz CT molecular complexity index is 767. The number of nitrogens with zero attached hydrogens (tertiary/aromatic N) is 2. The number of amides is 1. The third kappa shape index (κ3) is 4.15. The Hall–Kier alpha value is -2.57. The second-order valence-corrected chi connectivity index (χ2v) is 6.72. The van der Waals surface area contributed by atoms with Crippen molar-refractivity contribution in [3.8, 4) is 0 Å². The van der Waals surface area contributed by atoms with Crippen molar-refractivity contribution in [1.29, 1.82) is 0 Å². The minimum Gasteiger partial charge on any atom is -0.466 e. The van der Waals surface area contributed by atoms with Gasteiger partial charge in [-0.05, 0) is 56.9 Å². The molecule has 0 saturated carbocycles. The molecule has 0 fully saturated rings. The van der Waals surface area contributed by atoms with Gasteiger partial charge in [0.2, 0.25) is 0 Å². The zero-order valence-corrected chi connectivity index (χ0v) is 15.5. The van der Waals surface area contributed by atoms with Crippen LogP contribution >= 0.6 is 0 Å². The van der Waals surface area contributed by atoms with Gasteiger partial charge in [-0.25, -0.2) is 9.78 Å². The number of fused-ring (bicyclic) bond motifs is 2. The SMILES string of the molecule is CCOC(=O)Cc1nc2cc3c(cc2[nH]1)CCN(C(=O)OC(C)C)CC3. The summed E-state index contributed by atoms with van der Waals surface area (Å²) in [5.74, 6) is 0.327. The highest BCUT2D eigenvalue weighted by Crippen LogP contribution is 2.23. The lowest BCUT2D eigenvalue weighted by atomic mass is 10.0. The molecular formula is C19H25N3O4. The molecule has 3 rings (SSSR count). The van der Waals surface area contributed by atoms with Crippen molar-refractivity contribution in [3.63, 3.8) is 0 Å². The van der Waals surface area contributed by atoms with Crippen LogP contribution in [-0.4, -0.2) is 52.7 Å². The first-order valence-electron chi connectivity index (χ1n) is 9.07. The van der Waals surface area contributed by atoms with Crippen molar-refractivity contribution in [2.24, 2.45) is 0 Å². The number of ether oxygens (including phenoxy) is 2. The van der Waals surface area contributed by atoms with E-state index in [0.717, 1.165) is 23.9 Å². The van der Waals surface area contributed by atoms with E-state index in [2.05, 4.69) is 16.0 Å². The lowest BCUT2D eigenvalue weighted by molar-refractivity contribution is -0.142. The van der Waals surface area contributed by atoms with Crippen molar-refractivity contribution in [3.05, 3.63) is 29.1 Å². The minimum atomic E-state index is -0.285. The Kier molecular flexibility index (Phi) is 5.44. The monoisotopic (exact) mass is 359 g/mol. The largest absolute Gasteiger partial charge is 0.466 e. The number of hydrogen-bond acceptors (Lipinski definition) is 5. The Morgan fingerprint density at radius 3 is 2.58 bits per heavy atom. The molecule has 0 radical (unpaired) electrons. The Balaban J connectivity index is 1.75. The highest BCUT2D eigenvalue weighted by Gasteiger charge is 2.21. The number of nitrogens with one attached hydrogen (secondary N) is 1.